The third kappa shape index (κ3) is 3.60. The Balaban J connectivity index is 2.06. The van der Waals surface area contributed by atoms with Crippen LogP contribution in [0.25, 0.3) is 0 Å². The Kier molecular flexibility index (Phi) is 5.17. The fraction of sp³-hybridized carbons (Fsp3) is 0.733. The lowest BCUT2D eigenvalue weighted by atomic mass is 9.83. The van der Waals surface area contributed by atoms with Crippen molar-refractivity contribution < 1.29 is 4.74 Å². The average molecular weight is 278 g/mol. The van der Waals surface area contributed by atoms with Crippen LogP contribution in [0.2, 0.25) is 0 Å². The number of nitrogens with one attached hydrogen (secondary N) is 2. The van der Waals surface area contributed by atoms with Gasteiger partial charge in [-0.1, -0.05) is 19.8 Å². The van der Waals surface area contributed by atoms with Gasteiger partial charge in [0.1, 0.15) is 18.2 Å². The van der Waals surface area contributed by atoms with E-state index in [2.05, 4.69) is 27.5 Å². The van der Waals surface area contributed by atoms with Gasteiger partial charge in [0.05, 0.1) is 0 Å². The quantitative estimate of drug-likeness (QED) is 0.803. The Morgan fingerprint density at radius 3 is 2.55 bits per heavy atom. The first-order valence-electron chi connectivity index (χ1n) is 7.50. The van der Waals surface area contributed by atoms with Crippen LogP contribution < -0.4 is 10.6 Å². The minimum Gasteiger partial charge on any atom is -0.377 e. The minimum absolute atomic E-state index is 0.434. The molecule has 112 valence electrons. The molecule has 0 radical (unpaired) electrons. The summed E-state index contributed by atoms with van der Waals surface area (Å²) in [5.41, 5.74) is 0.451. The van der Waals surface area contributed by atoms with Crippen molar-refractivity contribution in [1.29, 1.82) is 0 Å². The van der Waals surface area contributed by atoms with E-state index in [9.17, 15) is 0 Å². The third-order valence-electron chi connectivity index (χ3n) is 4.36. The van der Waals surface area contributed by atoms with Crippen LogP contribution in [0.15, 0.2) is 6.07 Å². The maximum Gasteiger partial charge on any atom is 0.158 e. The smallest absolute Gasteiger partial charge is 0.158 e. The van der Waals surface area contributed by atoms with Crippen LogP contribution in [-0.2, 0) is 11.3 Å². The summed E-state index contributed by atoms with van der Waals surface area (Å²) in [5, 5.41) is 6.58. The zero-order chi connectivity index (χ0) is 14.4. The molecule has 0 bridgehead atoms. The molecule has 20 heavy (non-hydrogen) atoms. The Labute approximate surface area is 121 Å². The summed E-state index contributed by atoms with van der Waals surface area (Å²) in [6.07, 6.45) is 6.59. The fourth-order valence-electron chi connectivity index (χ4n) is 2.97. The SMILES string of the molecule is CCC1(CNc2cc(NC)nc(COC)n2)CCCC1. The number of hydrogen-bond donors (Lipinski definition) is 2. The van der Waals surface area contributed by atoms with E-state index >= 15 is 0 Å². The summed E-state index contributed by atoms with van der Waals surface area (Å²) in [6.45, 7) is 3.72. The molecule has 1 aromatic heterocycles. The second-order valence-electron chi connectivity index (χ2n) is 5.65. The number of methoxy groups -OCH3 is 1. The Hall–Kier alpha value is -1.36. The molecule has 2 rings (SSSR count). The predicted octanol–water partition coefficient (Wildman–Crippen LogP) is 3.05. The molecule has 5 heteroatoms. The van der Waals surface area contributed by atoms with Crippen molar-refractivity contribution in [1.82, 2.24) is 9.97 Å². The number of ether oxygens (including phenoxy) is 1. The summed E-state index contributed by atoms with van der Waals surface area (Å²) < 4.78 is 5.12. The number of rotatable bonds is 7. The van der Waals surface area contributed by atoms with Crippen molar-refractivity contribution in [3.63, 3.8) is 0 Å². The number of aromatic nitrogens is 2. The minimum atomic E-state index is 0.434. The Morgan fingerprint density at radius 1 is 1.25 bits per heavy atom. The molecule has 0 unspecified atom stereocenters. The second-order valence-corrected chi connectivity index (χ2v) is 5.65. The molecule has 0 spiro atoms. The zero-order valence-electron chi connectivity index (χ0n) is 12.8. The van der Waals surface area contributed by atoms with Gasteiger partial charge in [-0.05, 0) is 24.7 Å². The lowest BCUT2D eigenvalue weighted by molar-refractivity contribution is 0.178. The summed E-state index contributed by atoms with van der Waals surface area (Å²) >= 11 is 0. The number of nitrogens with zero attached hydrogens (tertiary/aromatic N) is 2. The van der Waals surface area contributed by atoms with E-state index < -0.39 is 0 Å². The highest BCUT2D eigenvalue weighted by atomic mass is 16.5. The summed E-state index contributed by atoms with van der Waals surface area (Å²) in [7, 11) is 3.53. The van der Waals surface area contributed by atoms with E-state index in [0.29, 0.717) is 17.8 Å². The van der Waals surface area contributed by atoms with Crippen LogP contribution in [0, 0.1) is 5.41 Å². The van der Waals surface area contributed by atoms with Crippen LogP contribution in [0.1, 0.15) is 44.9 Å². The molecule has 1 aromatic rings. The van der Waals surface area contributed by atoms with E-state index in [1.165, 1.54) is 32.1 Å². The van der Waals surface area contributed by atoms with Crippen molar-refractivity contribution in [2.45, 2.75) is 45.6 Å². The fourth-order valence-corrected chi connectivity index (χ4v) is 2.97. The molecule has 1 fully saturated rings. The third-order valence-corrected chi connectivity index (χ3v) is 4.36. The highest BCUT2D eigenvalue weighted by molar-refractivity contribution is 5.47. The highest BCUT2D eigenvalue weighted by Gasteiger charge is 2.31. The second kappa shape index (κ2) is 6.88. The maximum absolute atomic E-state index is 5.12. The molecule has 1 aliphatic rings. The molecule has 5 nitrogen and oxygen atoms in total. The molecule has 1 saturated carbocycles. The van der Waals surface area contributed by atoms with Gasteiger partial charge in [0.15, 0.2) is 5.82 Å². The van der Waals surface area contributed by atoms with Gasteiger partial charge in [-0.3, -0.25) is 0 Å². The first-order valence-corrected chi connectivity index (χ1v) is 7.50. The zero-order valence-corrected chi connectivity index (χ0v) is 12.8. The monoisotopic (exact) mass is 278 g/mol. The Bertz CT molecular complexity index is 430. The van der Waals surface area contributed by atoms with Gasteiger partial charge in [0.25, 0.3) is 0 Å². The van der Waals surface area contributed by atoms with Crippen LogP contribution >= 0.6 is 0 Å². The first kappa shape index (κ1) is 15.0. The molecule has 0 saturated heterocycles. The van der Waals surface area contributed by atoms with Gasteiger partial charge < -0.3 is 15.4 Å². The van der Waals surface area contributed by atoms with Gasteiger partial charge in [-0.2, -0.15) is 0 Å². The van der Waals surface area contributed by atoms with Crippen LogP contribution in [-0.4, -0.2) is 30.7 Å². The van der Waals surface area contributed by atoms with E-state index in [0.717, 1.165) is 18.2 Å². The van der Waals surface area contributed by atoms with Gasteiger partial charge in [-0.15, -0.1) is 0 Å². The number of anilines is 2. The van der Waals surface area contributed by atoms with E-state index in [-0.39, 0.29) is 0 Å². The average Bonchev–Trinajstić information content (AvgIpc) is 2.95. The van der Waals surface area contributed by atoms with E-state index in [1.807, 2.05) is 13.1 Å². The van der Waals surface area contributed by atoms with Crippen molar-refractivity contribution in [3.05, 3.63) is 11.9 Å². The molecule has 1 heterocycles. The van der Waals surface area contributed by atoms with Gasteiger partial charge >= 0.3 is 0 Å². The summed E-state index contributed by atoms with van der Waals surface area (Å²) in [6, 6.07) is 1.96. The topological polar surface area (TPSA) is 59.1 Å². The van der Waals surface area contributed by atoms with Crippen LogP contribution in [0.5, 0.6) is 0 Å². The van der Waals surface area contributed by atoms with Crippen molar-refractivity contribution in [3.8, 4) is 0 Å². The predicted molar refractivity (Wildman–Crippen MR) is 82.0 cm³/mol. The van der Waals surface area contributed by atoms with Crippen LogP contribution in [0.3, 0.4) is 0 Å². The first-order chi connectivity index (χ1) is 9.71. The van der Waals surface area contributed by atoms with Gasteiger partial charge in [0, 0.05) is 26.8 Å². The van der Waals surface area contributed by atoms with Crippen molar-refractivity contribution >= 4 is 11.6 Å². The summed E-state index contributed by atoms with van der Waals surface area (Å²) in [4.78, 5) is 8.88. The molecule has 0 aromatic carbocycles. The number of hydrogen-bond acceptors (Lipinski definition) is 5. The molecule has 1 aliphatic carbocycles. The van der Waals surface area contributed by atoms with Gasteiger partial charge in [0.2, 0.25) is 0 Å². The molecule has 0 amide bonds. The molecule has 0 atom stereocenters. The van der Waals surface area contributed by atoms with Crippen molar-refractivity contribution in [2.75, 3.05) is 31.3 Å². The standard InChI is InChI=1S/C15H26N4O/c1-4-15(7-5-6-8-15)11-17-13-9-12(16-2)18-14(19-13)10-20-3/h9H,4-8,10-11H2,1-3H3,(H2,16,17,18,19). The van der Waals surface area contributed by atoms with Crippen molar-refractivity contribution in [2.24, 2.45) is 5.41 Å². The largest absolute Gasteiger partial charge is 0.377 e. The van der Waals surface area contributed by atoms with E-state index in [4.69, 9.17) is 4.74 Å². The maximum atomic E-state index is 5.12. The van der Waals surface area contributed by atoms with Gasteiger partial charge in [-0.25, -0.2) is 9.97 Å². The van der Waals surface area contributed by atoms with E-state index in [1.54, 1.807) is 7.11 Å². The summed E-state index contributed by atoms with van der Waals surface area (Å²) in [5.74, 6) is 2.42. The lowest BCUT2D eigenvalue weighted by Gasteiger charge is -2.28. The normalized spacial score (nSPS) is 17.1. The molecular formula is C15H26N4O. The Morgan fingerprint density at radius 2 is 1.95 bits per heavy atom. The molecular weight excluding hydrogens is 252 g/mol. The highest BCUT2D eigenvalue weighted by Crippen LogP contribution is 2.40. The lowest BCUT2D eigenvalue weighted by Crippen LogP contribution is -2.26. The van der Waals surface area contributed by atoms with Crippen LogP contribution in [0.4, 0.5) is 11.6 Å². The molecule has 2 N–H and O–H groups in total. The molecule has 0 aliphatic heterocycles.